The van der Waals surface area contributed by atoms with Gasteiger partial charge in [-0.25, -0.2) is 4.98 Å². The lowest BCUT2D eigenvalue weighted by Crippen LogP contribution is -2.26. The zero-order valence-electron chi connectivity index (χ0n) is 11.0. The highest BCUT2D eigenvalue weighted by Gasteiger charge is 2.19. The summed E-state index contributed by atoms with van der Waals surface area (Å²) in [6.07, 6.45) is 0. The van der Waals surface area contributed by atoms with Gasteiger partial charge in [0, 0.05) is 29.8 Å². The van der Waals surface area contributed by atoms with E-state index in [0.717, 1.165) is 27.8 Å². The number of ether oxygens (including phenoxy) is 1. The van der Waals surface area contributed by atoms with Crippen molar-refractivity contribution in [3.63, 3.8) is 0 Å². The molecule has 102 valence electrons. The third kappa shape index (κ3) is 3.76. The van der Waals surface area contributed by atoms with E-state index in [4.69, 9.17) is 16.3 Å². The first-order chi connectivity index (χ1) is 9.22. The number of hydrogen-bond acceptors (Lipinski definition) is 4. The Kier molecular flexibility index (Phi) is 5.34. The fourth-order valence-corrected chi connectivity index (χ4v) is 2.98. The van der Waals surface area contributed by atoms with Gasteiger partial charge in [0.05, 0.1) is 12.6 Å². The fourth-order valence-electron chi connectivity index (χ4n) is 1.85. The first kappa shape index (κ1) is 14.5. The van der Waals surface area contributed by atoms with Gasteiger partial charge in [0.1, 0.15) is 5.01 Å². The van der Waals surface area contributed by atoms with Crippen LogP contribution >= 0.6 is 22.9 Å². The standard InChI is InChI=1S/C14H17ClN2OS/c1-10-9-19-14(17-10)13(16-7-8-18-2)11-5-3-4-6-12(11)15/h3-6,9,13,16H,7-8H2,1-2H3. The molecule has 0 amide bonds. The summed E-state index contributed by atoms with van der Waals surface area (Å²) in [5, 5.41) is 7.28. The van der Waals surface area contributed by atoms with Gasteiger partial charge in [0.15, 0.2) is 0 Å². The molecule has 3 nitrogen and oxygen atoms in total. The first-order valence-electron chi connectivity index (χ1n) is 6.11. The predicted octanol–water partition coefficient (Wildman–Crippen LogP) is 3.43. The molecule has 1 aromatic heterocycles. The molecule has 19 heavy (non-hydrogen) atoms. The van der Waals surface area contributed by atoms with Gasteiger partial charge >= 0.3 is 0 Å². The zero-order valence-corrected chi connectivity index (χ0v) is 12.6. The number of rotatable bonds is 6. The van der Waals surface area contributed by atoms with Crippen LogP contribution in [0.25, 0.3) is 0 Å². The summed E-state index contributed by atoms with van der Waals surface area (Å²) >= 11 is 7.94. The molecular weight excluding hydrogens is 280 g/mol. The highest BCUT2D eigenvalue weighted by atomic mass is 35.5. The molecule has 0 fully saturated rings. The van der Waals surface area contributed by atoms with Gasteiger partial charge in [-0.15, -0.1) is 11.3 Å². The number of hydrogen-bond donors (Lipinski definition) is 1. The summed E-state index contributed by atoms with van der Waals surface area (Å²) in [4.78, 5) is 4.56. The number of benzene rings is 1. The summed E-state index contributed by atoms with van der Waals surface area (Å²) in [6, 6.07) is 7.88. The quantitative estimate of drug-likeness (QED) is 0.829. The summed E-state index contributed by atoms with van der Waals surface area (Å²) in [7, 11) is 1.69. The van der Waals surface area contributed by atoms with Crippen molar-refractivity contribution in [2.75, 3.05) is 20.3 Å². The highest BCUT2D eigenvalue weighted by Crippen LogP contribution is 2.29. The molecule has 0 bridgehead atoms. The maximum atomic E-state index is 6.29. The summed E-state index contributed by atoms with van der Waals surface area (Å²) in [6.45, 7) is 3.41. The van der Waals surface area contributed by atoms with Gasteiger partial charge in [-0.05, 0) is 18.6 Å². The van der Waals surface area contributed by atoms with Crippen LogP contribution in [0.5, 0.6) is 0 Å². The molecule has 1 atom stereocenters. The van der Waals surface area contributed by atoms with Gasteiger partial charge < -0.3 is 10.1 Å². The molecule has 0 aliphatic heterocycles. The van der Waals surface area contributed by atoms with Crippen LogP contribution < -0.4 is 5.32 Å². The highest BCUT2D eigenvalue weighted by molar-refractivity contribution is 7.09. The Hall–Kier alpha value is -0.940. The van der Waals surface area contributed by atoms with E-state index in [-0.39, 0.29) is 6.04 Å². The van der Waals surface area contributed by atoms with Crippen LogP contribution in [-0.2, 0) is 4.74 Å². The number of nitrogens with zero attached hydrogens (tertiary/aromatic N) is 1. The van der Waals surface area contributed by atoms with Crippen molar-refractivity contribution in [3.05, 3.63) is 50.9 Å². The second-order valence-electron chi connectivity index (χ2n) is 4.23. The van der Waals surface area contributed by atoms with Crippen LogP contribution in [0.15, 0.2) is 29.6 Å². The number of methoxy groups -OCH3 is 1. The Balaban J connectivity index is 2.26. The zero-order chi connectivity index (χ0) is 13.7. The first-order valence-corrected chi connectivity index (χ1v) is 7.37. The van der Waals surface area contributed by atoms with E-state index in [1.165, 1.54) is 0 Å². The van der Waals surface area contributed by atoms with E-state index < -0.39 is 0 Å². The summed E-state index contributed by atoms with van der Waals surface area (Å²) < 4.78 is 5.09. The van der Waals surface area contributed by atoms with Crippen LogP contribution in [0.2, 0.25) is 5.02 Å². The van der Waals surface area contributed by atoms with Crippen molar-refractivity contribution in [2.24, 2.45) is 0 Å². The SMILES string of the molecule is COCCNC(c1nc(C)cs1)c1ccccc1Cl. The van der Waals surface area contributed by atoms with Gasteiger partial charge in [0.2, 0.25) is 0 Å². The largest absolute Gasteiger partial charge is 0.383 e. The van der Waals surface area contributed by atoms with Crippen molar-refractivity contribution in [1.82, 2.24) is 10.3 Å². The van der Waals surface area contributed by atoms with E-state index in [2.05, 4.69) is 15.7 Å². The van der Waals surface area contributed by atoms with Crippen LogP contribution in [0, 0.1) is 6.92 Å². The molecule has 0 aliphatic rings. The Bertz CT molecular complexity index is 530. The van der Waals surface area contributed by atoms with Gasteiger partial charge in [-0.1, -0.05) is 29.8 Å². The molecule has 0 saturated heterocycles. The molecule has 0 radical (unpaired) electrons. The number of aromatic nitrogens is 1. The van der Waals surface area contributed by atoms with Crippen LogP contribution in [0.4, 0.5) is 0 Å². The third-order valence-electron chi connectivity index (χ3n) is 2.75. The van der Waals surface area contributed by atoms with Crippen molar-refractivity contribution in [2.45, 2.75) is 13.0 Å². The summed E-state index contributed by atoms with van der Waals surface area (Å²) in [5.41, 5.74) is 2.08. The maximum absolute atomic E-state index is 6.29. The molecule has 0 saturated carbocycles. The molecule has 2 rings (SSSR count). The van der Waals surface area contributed by atoms with Crippen molar-refractivity contribution < 1.29 is 4.74 Å². The maximum Gasteiger partial charge on any atom is 0.114 e. The van der Waals surface area contributed by atoms with Gasteiger partial charge in [0.25, 0.3) is 0 Å². The van der Waals surface area contributed by atoms with E-state index in [1.807, 2.05) is 31.2 Å². The lowest BCUT2D eigenvalue weighted by Gasteiger charge is -2.18. The molecule has 1 aromatic carbocycles. The molecular formula is C14H17ClN2OS. The lowest BCUT2D eigenvalue weighted by molar-refractivity contribution is 0.197. The monoisotopic (exact) mass is 296 g/mol. The molecule has 0 spiro atoms. The average Bonchev–Trinajstić information content (AvgIpc) is 2.83. The average molecular weight is 297 g/mol. The molecule has 2 aromatic rings. The molecule has 0 aliphatic carbocycles. The number of halogens is 1. The van der Waals surface area contributed by atoms with Gasteiger partial charge in [-0.3, -0.25) is 0 Å². The Morgan fingerprint density at radius 1 is 1.42 bits per heavy atom. The van der Waals surface area contributed by atoms with Crippen molar-refractivity contribution >= 4 is 22.9 Å². The summed E-state index contributed by atoms with van der Waals surface area (Å²) in [5.74, 6) is 0. The minimum Gasteiger partial charge on any atom is -0.383 e. The Morgan fingerprint density at radius 3 is 2.84 bits per heavy atom. The van der Waals surface area contributed by atoms with Crippen molar-refractivity contribution in [1.29, 1.82) is 0 Å². The fraction of sp³-hybridized carbons (Fsp3) is 0.357. The number of aryl methyl sites for hydroxylation is 1. The molecule has 5 heteroatoms. The van der Waals surface area contributed by atoms with Crippen LogP contribution in [-0.4, -0.2) is 25.2 Å². The Morgan fingerprint density at radius 2 is 2.21 bits per heavy atom. The van der Waals surface area contributed by atoms with E-state index in [0.29, 0.717) is 6.61 Å². The number of thiazole rings is 1. The predicted molar refractivity (Wildman–Crippen MR) is 80.0 cm³/mol. The van der Waals surface area contributed by atoms with E-state index >= 15 is 0 Å². The van der Waals surface area contributed by atoms with E-state index in [1.54, 1.807) is 18.4 Å². The van der Waals surface area contributed by atoms with Crippen molar-refractivity contribution in [3.8, 4) is 0 Å². The van der Waals surface area contributed by atoms with E-state index in [9.17, 15) is 0 Å². The minimum atomic E-state index is 0.0162. The second kappa shape index (κ2) is 7.01. The normalized spacial score (nSPS) is 12.6. The van der Waals surface area contributed by atoms with Gasteiger partial charge in [-0.2, -0.15) is 0 Å². The molecule has 1 heterocycles. The number of nitrogens with one attached hydrogen (secondary N) is 1. The topological polar surface area (TPSA) is 34.1 Å². The molecule has 1 unspecified atom stereocenters. The van der Waals surface area contributed by atoms with Crippen LogP contribution in [0.3, 0.4) is 0 Å². The smallest absolute Gasteiger partial charge is 0.114 e. The third-order valence-corrected chi connectivity index (χ3v) is 4.13. The lowest BCUT2D eigenvalue weighted by atomic mass is 10.1. The Labute approximate surface area is 122 Å². The van der Waals surface area contributed by atoms with Crippen LogP contribution in [0.1, 0.15) is 22.3 Å². The second-order valence-corrected chi connectivity index (χ2v) is 5.53. The minimum absolute atomic E-state index is 0.0162. The molecule has 1 N–H and O–H groups in total.